The topological polar surface area (TPSA) is 100 Å². The van der Waals surface area contributed by atoms with Crippen molar-refractivity contribution in [3.05, 3.63) is 60.6 Å². The fourth-order valence-corrected chi connectivity index (χ4v) is 3.90. The second-order valence-electron chi connectivity index (χ2n) is 7.66. The van der Waals surface area contributed by atoms with Gasteiger partial charge in [0.05, 0.1) is 11.7 Å². The van der Waals surface area contributed by atoms with Gasteiger partial charge in [0.15, 0.2) is 5.82 Å². The molecule has 0 unspecified atom stereocenters. The number of nitrogens with zero attached hydrogens (tertiary/aromatic N) is 5. The van der Waals surface area contributed by atoms with Crippen LogP contribution in [0.5, 0.6) is 0 Å². The van der Waals surface area contributed by atoms with Gasteiger partial charge in [0.1, 0.15) is 5.82 Å². The van der Waals surface area contributed by atoms with Gasteiger partial charge in [0.25, 0.3) is 0 Å². The van der Waals surface area contributed by atoms with Gasteiger partial charge in [-0.15, -0.1) is 5.10 Å². The van der Waals surface area contributed by atoms with Crippen molar-refractivity contribution in [2.45, 2.75) is 18.8 Å². The Balaban J connectivity index is 1.32. The minimum absolute atomic E-state index is 0.579. The molecule has 3 heterocycles. The molecule has 1 aliphatic rings. The maximum atomic E-state index is 4.75. The molecule has 2 aromatic carbocycles. The molecule has 0 saturated heterocycles. The first kappa shape index (κ1) is 17.0. The largest absolute Gasteiger partial charge is 0.345 e. The van der Waals surface area contributed by atoms with Gasteiger partial charge in [-0.05, 0) is 36.5 Å². The van der Waals surface area contributed by atoms with Gasteiger partial charge >= 0.3 is 0 Å². The Labute approximate surface area is 172 Å². The van der Waals surface area contributed by atoms with Crippen molar-refractivity contribution in [3.63, 3.8) is 0 Å². The first-order chi connectivity index (χ1) is 14.8. The van der Waals surface area contributed by atoms with Gasteiger partial charge in [-0.1, -0.05) is 24.3 Å². The molecule has 0 aliphatic heterocycles. The molecule has 5 aromatic rings. The van der Waals surface area contributed by atoms with Crippen molar-refractivity contribution < 1.29 is 0 Å². The lowest BCUT2D eigenvalue weighted by Crippen LogP contribution is -2.02. The maximum absolute atomic E-state index is 4.75. The van der Waals surface area contributed by atoms with E-state index in [0.29, 0.717) is 17.7 Å². The van der Waals surface area contributed by atoms with Crippen molar-refractivity contribution in [1.29, 1.82) is 0 Å². The zero-order valence-corrected chi connectivity index (χ0v) is 16.4. The molecule has 1 fully saturated rings. The van der Waals surface area contributed by atoms with Crippen molar-refractivity contribution in [1.82, 2.24) is 34.9 Å². The highest BCUT2D eigenvalue weighted by Gasteiger charge is 2.29. The Kier molecular flexibility index (Phi) is 3.70. The SMILES string of the molecule is Cn1nc(-c2ccc(-c3ncc[nH]3)cc2)nc1Nc1ccc2[nH]ncc2c1C1CC1. The lowest BCUT2D eigenvalue weighted by Gasteiger charge is -2.11. The highest BCUT2D eigenvalue weighted by atomic mass is 15.4. The molecule has 8 heteroatoms. The molecule has 1 aliphatic carbocycles. The molecular weight excluding hydrogens is 376 g/mol. The standard InChI is InChI=1S/C22H20N8/c1-30-22(26-18-9-8-17-16(12-25-28-17)19(18)13-2-3-13)27-21(29-30)15-6-4-14(5-7-15)20-23-10-11-24-20/h4-13H,2-3H2,1H3,(H,23,24)(H,25,28)(H,26,27,29). The maximum Gasteiger partial charge on any atom is 0.225 e. The first-order valence-electron chi connectivity index (χ1n) is 10.0. The lowest BCUT2D eigenvalue weighted by atomic mass is 10.0. The Morgan fingerprint density at radius 1 is 1.07 bits per heavy atom. The van der Waals surface area contributed by atoms with E-state index in [9.17, 15) is 0 Å². The molecule has 0 bridgehead atoms. The number of anilines is 2. The Hall–Kier alpha value is -3.94. The molecule has 0 spiro atoms. The molecule has 0 atom stereocenters. The van der Waals surface area contributed by atoms with Crippen LogP contribution in [0.15, 0.2) is 55.0 Å². The van der Waals surface area contributed by atoms with E-state index in [1.165, 1.54) is 23.8 Å². The van der Waals surface area contributed by atoms with E-state index in [4.69, 9.17) is 4.98 Å². The normalized spacial score (nSPS) is 13.8. The third-order valence-corrected chi connectivity index (χ3v) is 5.58. The Morgan fingerprint density at radius 3 is 2.67 bits per heavy atom. The van der Waals surface area contributed by atoms with Crippen LogP contribution < -0.4 is 5.32 Å². The highest BCUT2D eigenvalue weighted by molar-refractivity contribution is 5.89. The number of fused-ring (bicyclic) bond motifs is 1. The summed E-state index contributed by atoms with van der Waals surface area (Å²) < 4.78 is 1.78. The minimum atomic E-state index is 0.579. The number of imidazole rings is 1. The second kappa shape index (κ2) is 6.55. The van der Waals surface area contributed by atoms with E-state index >= 15 is 0 Å². The van der Waals surface area contributed by atoms with Crippen molar-refractivity contribution in [2.75, 3.05) is 5.32 Å². The van der Waals surface area contributed by atoms with Crippen molar-refractivity contribution >= 4 is 22.5 Å². The van der Waals surface area contributed by atoms with Crippen LogP contribution in [0.2, 0.25) is 0 Å². The molecule has 3 aromatic heterocycles. The summed E-state index contributed by atoms with van der Waals surface area (Å²) in [5.41, 5.74) is 5.44. The molecule has 6 rings (SSSR count). The summed E-state index contributed by atoms with van der Waals surface area (Å²) in [5.74, 6) is 2.82. The number of nitrogens with one attached hydrogen (secondary N) is 3. The zero-order valence-electron chi connectivity index (χ0n) is 16.4. The summed E-state index contributed by atoms with van der Waals surface area (Å²) in [6.45, 7) is 0. The van der Waals surface area contributed by atoms with E-state index in [1.54, 1.807) is 10.9 Å². The van der Waals surface area contributed by atoms with E-state index in [-0.39, 0.29) is 0 Å². The first-order valence-corrected chi connectivity index (χ1v) is 10.0. The average molecular weight is 396 g/mol. The zero-order chi connectivity index (χ0) is 20.1. The monoisotopic (exact) mass is 396 g/mol. The minimum Gasteiger partial charge on any atom is -0.345 e. The predicted molar refractivity (Wildman–Crippen MR) is 115 cm³/mol. The van der Waals surface area contributed by atoms with E-state index < -0.39 is 0 Å². The summed E-state index contributed by atoms with van der Waals surface area (Å²) in [7, 11) is 1.91. The third-order valence-electron chi connectivity index (χ3n) is 5.58. The summed E-state index contributed by atoms with van der Waals surface area (Å²) >= 11 is 0. The molecule has 8 nitrogen and oxygen atoms in total. The summed E-state index contributed by atoms with van der Waals surface area (Å²) in [5, 5.41) is 16.6. The molecule has 0 amide bonds. The number of aromatic nitrogens is 7. The lowest BCUT2D eigenvalue weighted by molar-refractivity contribution is 0.778. The molecule has 30 heavy (non-hydrogen) atoms. The fourth-order valence-electron chi connectivity index (χ4n) is 3.90. The van der Waals surface area contributed by atoms with Gasteiger partial charge in [-0.2, -0.15) is 10.1 Å². The van der Waals surface area contributed by atoms with E-state index in [0.717, 1.165) is 28.2 Å². The number of hydrogen-bond acceptors (Lipinski definition) is 5. The number of aryl methyl sites for hydroxylation is 1. The van der Waals surface area contributed by atoms with Crippen LogP contribution in [0, 0.1) is 0 Å². The smallest absolute Gasteiger partial charge is 0.225 e. The quantitative estimate of drug-likeness (QED) is 0.410. The molecule has 3 N–H and O–H groups in total. The highest BCUT2D eigenvalue weighted by Crippen LogP contribution is 2.47. The Bertz CT molecular complexity index is 1320. The molecule has 148 valence electrons. The number of hydrogen-bond donors (Lipinski definition) is 3. The number of rotatable bonds is 5. The molecular formula is C22H20N8. The van der Waals surface area contributed by atoms with E-state index in [2.05, 4.69) is 42.7 Å². The number of aromatic amines is 2. The summed E-state index contributed by atoms with van der Waals surface area (Å²) in [6.07, 6.45) is 7.91. The average Bonchev–Trinajstić information content (AvgIpc) is 3.15. The number of H-pyrrole nitrogens is 2. The second-order valence-corrected chi connectivity index (χ2v) is 7.66. The molecule has 0 radical (unpaired) electrons. The van der Waals surface area contributed by atoms with Crippen LogP contribution in [0.4, 0.5) is 11.6 Å². The van der Waals surface area contributed by atoms with Crippen LogP contribution in [-0.2, 0) is 7.05 Å². The van der Waals surface area contributed by atoms with Crippen LogP contribution in [0.3, 0.4) is 0 Å². The fraction of sp³-hybridized carbons (Fsp3) is 0.182. The molecule has 1 saturated carbocycles. The van der Waals surface area contributed by atoms with Gasteiger partial charge in [0.2, 0.25) is 5.95 Å². The predicted octanol–water partition coefficient (Wildman–Crippen LogP) is 4.37. The third kappa shape index (κ3) is 2.85. The van der Waals surface area contributed by atoms with Gasteiger partial charge in [0, 0.05) is 41.6 Å². The van der Waals surface area contributed by atoms with Crippen LogP contribution in [0.25, 0.3) is 33.7 Å². The van der Waals surface area contributed by atoms with Crippen LogP contribution >= 0.6 is 0 Å². The van der Waals surface area contributed by atoms with Gasteiger partial charge in [-0.3, -0.25) is 5.10 Å². The van der Waals surface area contributed by atoms with Gasteiger partial charge < -0.3 is 10.3 Å². The Morgan fingerprint density at radius 2 is 1.90 bits per heavy atom. The summed E-state index contributed by atoms with van der Waals surface area (Å²) in [4.78, 5) is 12.2. The van der Waals surface area contributed by atoms with Gasteiger partial charge in [-0.25, -0.2) is 9.67 Å². The van der Waals surface area contributed by atoms with Crippen LogP contribution in [0.1, 0.15) is 24.3 Å². The number of benzene rings is 2. The summed E-state index contributed by atoms with van der Waals surface area (Å²) in [6, 6.07) is 12.2. The van der Waals surface area contributed by atoms with Crippen molar-refractivity contribution in [3.8, 4) is 22.8 Å². The van der Waals surface area contributed by atoms with Crippen LogP contribution in [-0.4, -0.2) is 34.9 Å². The van der Waals surface area contributed by atoms with Crippen molar-refractivity contribution in [2.24, 2.45) is 7.05 Å². The van der Waals surface area contributed by atoms with E-state index in [1.807, 2.05) is 43.7 Å².